The monoisotopic (exact) mass is 459 g/mol. The quantitative estimate of drug-likeness (QED) is 0.463. The summed E-state index contributed by atoms with van der Waals surface area (Å²) in [6, 6.07) is 6.46. The zero-order valence-electron chi connectivity index (χ0n) is 19.3. The van der Waals surface area contributed by atoms with Gasteiger partial charge in [-0.2, -0.15) is 9.67 Å². The summed E-state index contributed by atoms with van der Waals surface area (Å²) in [6.07, 6.45) is 10.2. The maximum Gasteiger partial charge on any atom is 0.248 e. The molecule has 0 aliphatic carbocycles. The van der Waals surface area contributed by atoms with Crippen molar-refractivity contribution in [1.82, 2.24) is 29.6 Å². The highest BCUT2D eigenvalue weighted by Crippen LogP contribution is 2.28. The van der Waals surface area contributed by atoms with Gasteiger partial charge in [-0.15, -0.1) is 5.10 Å². The summed E-state index contributed by atoms with van der Waals surface area (Å²) in [5.74, 6) is 2.26. The summed E-state index contributed by atoms with van der Waals surface area (Å²) in [6.45, 7) is 6.74. The van der Waals surface area contributed by atoms with Crippen LogP contribution in [0.25, 0.3) is 16.8 Å². The molecule has 6 heterocycles. The molecule has 0 unspecified atom stereocenters. The van der Waals surface area contributed by atoms with E-state index in [9.17, 15) is 0 Å². The molecule has 0 amide bonds. The van der Waals surface area contributed by atoms with Crippen molar-refractivity contribution in [2.75, 3.05) is 42.1 Å². The van der Waals surface area contributed by atoms with E-state index < -0.39 is 0 Å². The Bertz CT molecular complexity index is 1300. The minimum absolute atomic E-state index is 0.242. The lowest BCUT2D eigenvalue weighted by Crippen LogP contribution is -2.44. The number of likely N-dealkylation sites (tertiary alicyclic amines) is 1. The number of nitrogens with zero attached hydrogens (tertiary/aromatic N) is 7. The number of nitrogens with one attached hydrogen (secondary N) is 1. The number of rotatable bonds is 5. The Kier molecular flexibility index (Phi) is 5.29. The fourth-order valence-corrected chi connectivity index (χ4v) is 5.23. The van der Waals surface area contributed by atoms with Gasteiger partial charge < -0.3 is 25.3 Å². The standard InChI is InChI=1S/C24H29N9O/c1-16-14-17(15-27-21(16)32-11-5-18(6-12-32)31-9-2-3-10-31)28-24-29-23(25)33(30-24)22-19-7-13-34-20(19)4-8-26-22/h4,7-8,13-15,18H,2-3,5-6,9-12H2,1H3,(H3,25,28,29,30). The normalized spacial score (nSPS) is 17.6. The zero-order chi connectivity index (χ0) is 23.1. The van der Waals surface area contributed by atoms with Gasteiger partial charge in [-0.25, -0.2) is 9.97 Å². The molecule has 0 bridgehead atoms. The van der Waals surface area contributed by atoms with Gasteiger partial charge in [0.1, 0.15) is 11.4 Å². The lowest BCUT2D eigenvalue weighted by Gasteiger charge is -2.37. The number of nitrogens with two attached hydrogens (primary N) is 1. The Morgan fingerprint density at radius 3 is 2.68 bits per heavy atom. The molecule has 3 N–H and O–H groups in total. The van der Waals surface area contributed by atoms with Crippen molar-refractivity contribution in [2.24, 2.45) is 0 Å². The number of pyridine rings is 2. The average molecular weight is 460 g/mol. The molecule has 0 atom stereocenters. The molecular formula is C24H29N9O. The lowest BCUT2D eigenvalue weighted by molar-refractivity contribution is 0.207. The molecule has 2 fully saturated rings. The summed E-state index contributed by atoms with van der Waals surface area (Å²) in [5.41, 5.74) is 8.81. The van der Waals surface area contributed by atoms with Crippen molar-refractivity contribution >= 4 is 34.4 Å². The molecule has 4 aromatic heterocycles. The van der Waals surface area contributed by atoms with Gasteiger partial charge in [0.15, 0.2) is 5.82 Å². The summed E-state index contributed by atoms with van der Waals surface area (Å²) in [4.78, 5) is 18.6. The van der Waals surface area contributed by atoms with E-state index in [0.29, 0.717) is 17.3 Å². The molecule has 0 radical (unpaired) electrons. The number of hydrogen-bond acceptors (Lipinski definition) is 9. The maximum absolute atomic E-state index is 6.15. The predicted molar refractivity (Wildman–Crippen MR) is 132 cm³/mol. The molecular weight excluding hydrogens is 430 g/mol. The molecule has 0 saturated carbocycles. The number of furan rings is 1. The number of piperidine rings is 1. The van der Waals surface area contributed by atoms with Crippen molar-refractivity contribution in [3.8, 4) is 5.82 Å². The van der Waals surface area contributed by atoms with Gasteiger partial charge in [0.05, 0.1) is 23.5 Å². The van der Waals surface area contributed by atoms with Crippen molar-refractivity contribution < 1.29 is 4.42 Å². The highest BCUT2D eigenvalue weighted by Gasteiger charge is 2.27. The molecule has 0 aromatic carbocycles. The molecule has 10 heteroatoms. The first-order chi connectivity index (χ1) is 16.7. The van der Waals surface area contributed by atoms with E-state index in [1.54, 1.807) is 18.5 Å². The van der Waals surface area contributed by atoms with Crippen LogP contribution in [0.3, 0.4) is 0 Å². The maximum atomic E-state index is 6.15. The van der Waals surface area contributed by atoms with E-state index in [0.717, 1.165) is 41.6 Å². The van der Waals surface area contributed by atoms with Gasteiger partial charge in [-0.1, -0.05) is 0 Å². The van der Waals surface area contributed by atoms with Gasteiger partial charge in [0.2, 0.25) is 11.9 Å². The smallest absolute Gasteiger partial charge is 0.248 e. The summed E-state index contributed by atoms with van der Waals surface area (Å²) >= 11 is 0. The molecule has 6 rings (SSSR count). The van der Waals surface area contributed by atoms with Crippen LogP contribution < -0.4 is 16.0 Å². The fraction of sp³-hybridized carbons (Fsp3) is 0.417. The van der Waals surface area contributed by atoms with Crippen LogP contribution in [0.15, 0.2) is 41.3 Å². The van der Waals surface area contributed by atoms with Crippen LogP contribution in [0, 0.1) is 6.92 Å². The van der Waals surface area contributed by atoms with E-state index in [1.165, 1.54) is 43.5 Å². The number of anilines is 4. The third kappa shape index (κ3) is 3.83. The van der Waals surface area contributed by atoms with Gasteiger partial charge in [0, 0.05) is 25.3 Å². The van der Waals surface area contributed by atoms with Crippen LogP contribution >= 0.6 is 0 Å². The van der Waals surface area contributed by atoms with Crippen molar-refractivity contribution in [3.05, 3.63) is 42.4 Å². The molecule has 2 saturated heterocycles. The molecule has 176 valence electrons. The fourth-order valence-electron chi connectivity index (χ4n) is 5.23. The molecule has 4 aromatic rings. The van der Waals surface area contributed by atoms with Crippen molar-refractivity contribution in [2.45, 2.75) is 38.6 Å². The van der Waals surface area contributed by atoms with E-state index in [2.05, 4.69) is 43.2 Å². The molecule has 2 aliphatic heterocycles. The van der Waals surface area contributed by atoms with Gasteiger partial charge in [0.25, 0.3) is 0 Å². The van der Waals surface area contributed by atoms with Crippen LogP contribution in [0.2, 0.25) is 0 Å². The van der Waals surface area contributed by atoms with Gasteiger partial charge in [-0.3, -0.25) is 0 Å². The predicted octanol–water partition coefficient (Wildman–Crippen LogP) is 3.50. The SMILES string of the molecule is Cc1cc(Nc2nc(N)n(-c3nccc4occc34)n2)cnc1N1CCC(N2CCCC2)CC1. The average Bonchev–Trinajstić information content (AvgIpc) is 3.61. The highest BCUT2D eigenvalue weighted by molar-refractivity contribution is 5.84. The van der Waals surface area contributed by atoms with E-state index in [4.69, 9.17) is 15.1 Å². The first-order valence-electron chi connectivity index (χ1n) is 11.9. The Hall–Kier alpha value is -3.66. The summed E-state index contributed by atoms with van der Waals surface area (Å²) in [5, 5.41) is 8.57. The lowest BCUT2D eigenvalue weighted by atomic mass is 10.0. The summed E-state index contributed by atoms with van der Waals surface area (Å²) < 4.78 is 6.97. The van der Waals surface area contributed by atoms with Crippen LogP contribution in [0.4, 0.5) is 23.4 Å². The first-order valence-corrected chi connectivity index (χ1v) is 11.9. The molecule has 10 nitrogen and oxygen atoms in total. The van der Waals surface area contributed by atoms with Crippen molar-refractivity contribution in [1.29, 1.82) is 0 Å². The van der Waals surface area contributed by atoms with E-state index >= 15 is 0 Å². The van der Waals surface area contributed by atoms with E-state index in [-0.39, 0.29) is 5.95 Å². The minimum Gasteiger partial charge on any atom is -0.464 e. The minimum atomic E-state index is 0.242. The number of aryl methyl sites for hydroxylation is 1. The van der Waals surface area contributed by atoms with E-state index in [1.807, 2.05) is 12.3 Å². The Morgan fingerprint density at radius 1 is 1.06 bits per heavy atom. The topological polar surface area (TPSA) is 114 Å². The second-order valence-electron chi connectivity index (χ2n) is 9.12. The molecule has 0 spiro atoms. The van der Waals surface area contributed by atoms with Gasteiger partial charge >= 0.3 is 0 Å². The third-order valence-corrected chi connectivity index (χ3v) is 6.92. The van der Waals surface area contributed by atoms with Crippen LogP contribution in [0.5, 0.6) is 0 Å². The summed E-state index contributed by atoms with van der Waals surface area (Å²) in [7, 11) is 0. The molecule has 2 aliphatic rings. The number of hydrogen-bond donors (Lipinski definition) is 2. The number of nitrogen functional groups attached to an aromatic ring is 1. The zero-order valence-corrected chi connectivity index (χ0v) is 19.3. The number of fused-ring (bicyclic) bond motifs is 1. The van der Waals surface area contributed by atoms with Crippen LogP contribution in [-0.2, 0) is 0 Å². The Morgan fingerprint density at radius 2 is 1.88 bits per heavy atom. The third-order valence-electron chi connectivity index (χ3n) is 6.92. The molecule has 34 heavy (non-hydrogen) atoms. The van der Waals surface area contributed by atoms with Gasteiger partial charge in [-0.05, 0) is 69.5 Å². The highest BCUT2D eigenvalue weighted by atomic mass is 16.3. The second-order valence-corrected chi connectivity index (χ2v) is 9.12. The van der Waals surface area contributed by atoms with Crippen molar-refractivity contribution in [3.63, 3.8) is 0 Å². The second kappa shape index (κ2) is 8.60. The number of aromatic nitrogens is 5. The Balaban J connectivity index is 1.16. The first kappa shape index (κ1) is 20.9. The van der Waals surface area contributed by atoms with Crippen LogP contribution in [-0.4, -0.2) is 61.9 Å². The Labute approximate surface area is 197 Å². The van der Waals surface area contributed by atoms with Crippen LogP contribution in [0.1, 0.15) is 31.2 Å². The largest absolute Gasteiger partial charge is 0.464 e.